The van der Waals surface area contributed by atoms with Crippen LogP contribution in [0, 0.1) is 6.92 Å². The van der Waals surface area contributed by atoms with Gasteiger partial charge in [0.05, 0.1) is 10.7 Å². The number of halogens is 1. The van der Waals surface area contributed by atoms with Gasteiger partial charge in [0, 0.05) is 30.0 Å². The molecular weight excluding hydrogens is 304 g/mol. The molecule has 0 bridgehead atoms. The third-order valence-corrected chi connectivity index (χ3v) is 6.17. The minimum atomic E-state index is -3.13. The van der Waals surface area contributed by atoms with Gasteiger partial charge in [-0.1, -0.05) is 11.6 Å². The smallest absolute Gasteiger partial charge is 0.169 e. The molecule has 7 heteroatoms. The van der Waals surface area contributed by atoms with Gasteiger partial charge in [-0.3, -0.25) is 0 Å². The van der Waals surface area contributed by atoms with E-state index in [2.05, 4.69) is 0 Å². The van der Waals surface area contributed by atoms with E-state index in [0.717, 1.165) is 17.0 Å². The van der Waals surface area contributed by atoms with Gasteiger partial charge in [-0.25, -0.2) is 8.42 Å². The summed E-state index contributed by atoms with van der Waals surface area (Å²) in [5.74, 6) is 1.49. The van der Waals surface area contributed by atoms with Crippen LogP contribution >= 0.6 is 23.4 Å². The lowest BCUT2D eigenvalue weighted by molar-refractivity contribution is 0.584. The molecule has 2 rings (SSSR count). The highest BCUT2D eigenvalue weighted by atomic mass is 35.5. The standard InChI is InChI=1S/C12H17ClN2O2S2/c1-8-5-10(14)9(13)6-11(8)15-3-4-18-7-12(15)19(2,16)17/h5-6,12H,3-4,7,14H2,1-2H3. The molecule has 2 N–H and O–H groups in total. The molecule has 1 unspecified atom stereocenters. The molecule has 1 heterocycles. The fourth-order valence-corrected chi connectivity index (χ4v) is 5.20. The van der Waals surface area contributed by atoms with Crippen molar-refractivity contribution in [2.75, 3.05) is 34.9 Å². The summed E-state index contributed by atoms with van der Waals surface area (Å²) >= 11 is 7.72. The average molecular weight is 321 g/mol. The van der Waals surface area contributed by atoms with Crippen molar-refractivity contribution in [3.63, 3.8) is 0 Å². The van der Waals surface area contributed by atoms with Crippen LogP contribution in [0.5, 0.6) is 0 Å². The van der Waals surface area contributed by atoms with E-state index < -0.39 is 15.2 Å². The second-order valence-corrected chi connectivity index (χ2v) is 8.47. The Morgan fingerprint density at radius 2 is 2.16 bits per heavy atom. The van der Waals surface area contributed by atoms with E-state index in [9.17, 15) is 8.42 Å². The molecule has 0 radical (unpaired) electrons. The summed E-state index contributed by atoms with van der Waals surface area (Å²) in [5.41, 5.74) is 8.09. The van der Waals surface area contributed by atoms with Crippen LogP contribution < -0.4 is 10.6 Å². The van der Waals surface area contributed by atoms with Gasteiger partial charge in [0.2, 0.25) is 0 Å². The van der Waals surface area contributed by atoms with Crippen LogP contribution in [-0.2, 0) is 9.84 Å². The quantitative estimate of drug-likeness (QED) is 0.846. The Hall–Kier alpha value is -0.590. The first-order valence-corrected chi connectivity index (χ1v) is 9.38. The second-order valence-electron chi connectivity index (χ2n) is 4.71. The predicted molar refractivity (Wildman–Crippen MR) is 83.9 cm³/mol. The van der Waals surface area contributed by atoms with E-state index in [0.29, 0.717) is 23.0 Å². The topological polar surface area (TPSA) is 63.4 Å². The Balaban J connectivity index is 2.46. The van der Waals surface area contributed by atoms with E-state index in [1.54, 1.807) is 23.9 Å². The molecule has 106 valence electrons. The molecule has 0 amide bonds. The molecule has 1 atom stereocenters. The summed E-state index contributed by atoms with van der Waals surface area (Å²) in [6, 6.07) is 3.55. The van der Waals surface area contributed by atoms with Gasteiger partial charge in [0.1, 0.15) is 5.37 Å². The van der Waals surface area contributed by atoms with Crippen molar-refractivity contribution in [3.8, 4) is 0 Å². The van der Waals surface area contributed by atoms with Gasteiger partial charge < -0.3 is 10.6 Å². The molecule has 1 aromatic rings. The number of benzene rings is 1. The molecule has 0 aliphatic carbocycles. The van der Waals surface area contributed by atoms with Crippen molar-refractivity contribution < 1.29 is 8.42 Å². The van der Waals surface area contributed by atoms with E-state index in [-0.39, 0.29) is 0 Å². The highest BCUT2D eigenvalue weighted by Crippen LogP contribution is 2.33. The van der Waals surface area contributed by atoms with Crippen LogP contribution in [0.25, 0.3) is 0 Å². The number of nitrogen functional groups attached to an aromatic ring is 1. The first-order chi connectivity index (χ1) is 8.80. The molecule has 1 fully saturated rings. The molecule has 1 saturated heterocycles. The summed E-state index contributed by atoms with van der Waals surface area (Å²) in [7, 11) is -3.13. The highest BCUT2D eigenvalue weighted by Gasteiger charge is 2.32. The van der Waals surface area contributed by atoms with Gasteiger partial charge in [0.25, 0.3) is 0 Å². The number of nitrogens with zero attached hydrogens (tertiary/aromatic N) is 1. The lowest BCUT2D eigenvalue weighted by atomic mass is 10.1. The largest absolute Gasteiger partial charge is 0.398 e. The monoisotopic (exact) mass is 320 g/mol. The van der Waals surface area contributed by atoms with Gasteiger partial charge in [-0.05, 0) is 24.6 Å². The Bertz CT molecular complexity index is 590. The van der Waals surface area contributed by atoms with Crippen LogP contribution in [0.3, 0.4) is 0 Å². The third kappa shape index (κ3) is 3.12. The van der Waals surface area contributed by atoms with Crippen molar-refractivity contribution in [2.45, 2.75) is 12.3 Å². The third-order valence-electron chi connectivity index (χ3n) is 3.20. The van der Waals surface area contributed by atoms with E-state index in [4.69, 9.17) is 17.3 Å². The molecule has 4 nitrogen and oxygen atoms in total. The highest BCUT2D eigenvalue weighted by molar-refractivity contribution is 8.01. The van der Waals surface area contributed by atoms with Crippen LogP contribution in [0.15, 0.2) is 12.1 Å². The zero-order valence-electron chi connectivity index (χ0n) is 10.9. The molecule has 1 aromatic carbocycles. The zero-order valence-corrected chi connectivity index (χ0v) is 13.3. The summed E-state index contributed by atoms with van der Waals surface area (Å²) in [4.78, 5) is 1.92. The minimum absolute atomic E-state index is 0.464. The normalized spacial score (nSPS) is 20.6. The number of sulfone groups is 1. The van der Waals surface area contributed by atoms with E-state index >= 15 is 0 Å². The van der Waals surface area contributed by atoms with Gasteiger partial charge in [-0.15, -0.1) is 0 Å². The van der Waals surface area contributed by atoms with Gasteiger partial charge >= 0.3 is 0 Å². The van der Waals surface area contributed by atoms with Crippen LogP contribution in [-0.4, -0.2) is 38.1 Å². The first-order valence-electron chi connectivity index (χ1n) is 5.89. The van der Waals surface area contributed by atoms with Crippen molar-refractivity contribution >= 4 is 44.6 Å². The Kier molecular flexibility index (Phi) is 4.23. The van der Waals surface area contributed by atoms with Crippen LogP contribution in [0.4, 0.5) is 11.4 Å². The van der Waals surface area contributed by atoms with Crippen LogP contribution in [0.2, 0.25) is 5.02 Å². The lowest BCUT2D eigenvalue weighted by Crippen LogP contribution is -2.47. The van der Waals surface area contributed by atoms with Gasteiger partial charge in [0.15, 0.2) is 9.84 Å². The maximum Gasteiger partial charge on any atom is 0.169 e. The minimum Gasteiger partial charge on any atom is -0.398 e. The molecule has 1 aliphatic heterocycles. The number of aryl methyl sites for hydroxylation is 1. The lowest BCUT2D eigenvalue weighted by Gasteiger charge is -2.37. The van der Waals surface area contributed by atoms with Gasteiger partial charge in [-0.2, -0.15) is 11.8 Å². The summed E-state index contributed by atoms with van der Waals surface area (Å²) < 4.78 is 23.8. The molecule has 0 spiro atoms. The Morgan fingerprint density at radius 1 is 1.47 bits per heavy atom. The number of anilines is 2. The number of hydrogen-bond acceptors (Lipinski definition) is 5. The molecule has 19 heavy (non-hydrogen) atoms. The predicted octanol–water partition coefficient (Wildman–Crippen LogP) is 2.15. The van der Waals surface area contributed by atoms with Crippen molar-refractivity contribution in [2.24, 2.45) is 0 Å². The second kappa shape index (κ2) is 5.42. The van der Waals surface area contributed by atoms with Crippen molar-refractivity contribution in [3.05, 3.63) is 22.7 Å². The molecular formula is C12H17ClN2O2S2. The summed E-state index contributed by atoms with van der Waals surface area (Å²) in [6.07, 6.45) is 1.28. The molecule has 1 aliphatic rings. The zero-order chi connectivity index (χ0) is 14.2. The van der Waals surface area contributed by atoms with E-state index in [1.807, 2.05) is 11.8 Å². The fraction of sp³-hybridized carbons (Fsp3) is 0.500. The summed E-state index contributed by atoms with van der Waals surface area (Å²) in [6.45, 7) is 2.62. The maximum absolute atomic E-state index is 11.9. The van der Waals surface area contributed by atoms with Crippen LogP contribution in [0.1, 0.15) is 5.56 Å². The molecule has 0 aromatic heterocycles. The van der Waals surface area contributed by atoms with Crippen molar-refractivity contribution in [1.29, 1.82) is 0 Å². The number of nitrogens with two attached hydrogens (primary N) is 1. The average Bonchev–Trinajstić information content (AvgIpc) is 2.33. The Labute approximate surface area is 123 Å². The Morgan fingerprint density at radius 3 is 2.79 bits per heavy atom. The summed E-state index contributed by atoms with van der Waals surface area (Å²) in [5, 5.41) is -0.0317. The first kappa shape index (κ1) is 14.8. The number of thioether (sulfide) groups is 1. The van der Waals surface area contributed by atoms with E-state index in [1.165, 1.54) is 6.26 Å². The molecule has 0 saturated carbocycles. The van der Waals surface area contributed by atoms with Crippen molar-refractivity contribution in [1.82, 2.24) is 0 Å². The maximum atomic E-state index is 11.9. The number of hydrogen-bond donors (Lipinski definition) is 1. The fourth-order valence-electron chi connectivity index (χ4n) is 2.21. The number of rotatable bonds is 2. The SMILES string of the molecule is Cc1cc(N)c(Cl)cc1N1CCSCC1S(C)(=O)=O.